The predicted octanol–water partition coefficient (Wildman–Crippen LogP) is 5.55. The Balaban J connectivity index is 0.000000402. The summed E-state index contributed by atoms with van der Waals surface area (Å²) in [6.45, 7) is 5.18. The number of carboxylic acid groups (broad SMARTS) is 2. The van der Waals surface area contributed by atoms with Crippen LogP contribution in [0.5, 0.6) is 0 Å². The van der Waals surface area contributed by atoms with Gasteiger partial charge in [0.1, 0.15) is 17.2 Å². The van der Waals surface area contributed by atoms with Crippen molar-refractivity contribution in [3.05, 3.63) is 76.4 Å². The molecule has 0 unspecified atom stereocenters. The number of aliphatic carboxylic acids is 2. The van der Waals surface area contributed by atoms with E-state index in [0.717, 1.165) is 42.8 Å². The summed E-state index contributed by atoms with van der Waals surface area (Å²) in [5, 5.41) is 23.3. The average molecular weight is 638 g/mol. The van der Waals surface area contributed by atoms with Gasteiger partial charge in [0, 0.05) is 18.8 Å². The summed E-state index contributed by atoms with van der Waals surface area (Å²) in [6, 6.07) is 8.04. The molecule has 0 saturated carbocycles. The lowest BCUT2D eigenvalue weighted by Gasteiger charge is -2.17. The lowest BCUT2D eigenvalue weighted by molar-refractivity contribution is -0.193. The minimum Gasteiger partial charge on any atom is -0.475 e. The van der Waals surface area contributed by atoms with Crippen molar-refractivity contribution < 1.29 is 59.7 Å². The Bertz CT molecular complexity index is 1390. The van der Waals surface area contributed by atoms with E-state index in [2.05, 4.69) is 22.0 Å². The molecule has 0 fully saturated rings. The van der Waals surface area contributed by atoms with Crippen LogP contribution in [0.2, 0.25) is 0 Å². The molecule has 16 heteroatoms. The zero-order valence-electron chi connectivity index (χ0n) is 22.9. The van der Waals surface area contributed by atoms with E-state index in [1.807, 2.05) is 25.1 Å². The van der Waals surface area contributed by atoms with Crippen molar-refractivity contribution >= 4 is 34.7 Å². The van der Waals surface area contributed by atoms with Crippen molar-refractivity contribution in [3.8, 4) is 0 Å². The van der Waals surface area contributed by atoms with Crippen LogP contribution in [0.1, 0.15) is 39.9 Å². The van der Waals surface area contributed by atoms with Gasteiger partial charge < -0.3 is 26.2 Å². The van der Waals surface area contributed by atoms with Crippen molar-refractivity contribution in [3.63, 3.8) is 0 Å². The van der Waals surface area contributed by atoms with Gasteiger partial charge in [-0.2, -0.15) is 26.3 Å². The minimum absolute atomic E-state index is 0.485. The van der Waals surface area contributed by atoms with Gasteiger partial charge >= 0.3 is 24.3 Å². The zero-order valence-corrected chi connectivity index (χ0v) is 22.9. The van der Waals surface area contributed by atoms with Gasteiger partial charge in [-0.05, 0) is 85.0 Å². The van der Waals surface area contributed by atoms with Gasteiger partial charge in [0.25, 0.3) is 5.91 Å². The molecule has 0 bridgehead atoms. The number of halogens is 8. The molecule has 0 spiro atoms. The van der Waals surface area contributed by atoms with Gasteiger partial charge in [0.05, 0.1) is 0 Å². The Morgan fingerprint density at radius 3 is 1.61 bits per heavy atom. The lowest BCUT2D eigenvalue weighted by Crippen LogP contribution is -2.21. The van der Waals surface area contributed by atoms with E-state index in [0.29, 0.717) is 24.2 Å². The third kappa shape index (κ3) is 10.8. The highest BCUT2D eigenvalue weighted by Crippen LogP contribution is 2.28. The molecule has 2 aliphatic rings. The van der Waals surface area contributed by atoms with Crippen LogP contribution in [-0.4, -0.2) is 66.6 Å². The van der Waals surface area contributed by atoms with E-state index in [1.165, 1.54) is 17.7 Å². The van der Waals surface area contributed by atoms with Crippen molar-refractivity contribution in [1.82, 2.24) is 10.6 Å². The summed E-state index contributed by atoms with van der Waals surface area (Å²) >= 11 is 0. The molecule has 2 aromatic rings. The molecule has 44 heavy (non-hydrogen) atoms. The van der Waals surface area contributed by atoms with Crippen molar-refractivity contribution in [2.45, 2.75) is 32.1 Å². The molecule has 0 atom stereocenters. The van der Waals surface area contributed by atoms with Crippen LogP contribution in [0, 0.1) is 18.6 Å². The molecule has 0 saturated heterocycles. The number of rotatable bonds is 4. The van der Waals surface area contributed by atoms with Crippen LogP contribution in [-0.2, 0) is 9.59 Å². The SMILES string of the molecule is Cc1cc(NC(=O)c2c(F)cc(C3=CCNCC3)cc2F)ccc1C1=CCNCC1.O=C(O)C(F)(F)F.O=C(O)C(F)(F)F. The summed E-state index contributed by atoms with van der Waals surface area (Å²) in [6.07, 6.45) is -4.45. The highest BCUT2D eigenvalue weighted by Gasteiger charge is 2.38. The highest BCUT2D eigenvalue weighted by molar-refractivity contribution is 6.05. The largest absolute Gasteiger partial charge is 0.490 e. The number of amides is 1. The smallest absolute Gasteiger partial charge is 0.475 e. The number of hydrogen-bond donors (Lipinski definition) is 5. The van der Waals surface area contributed by atoms with Crippen molar-refractivity contribution in [1.29, 1.82) is 0 Å². The molecule has 0 aliphatic carbocycles. The fourth-order valence-corrected chi connectivity index (χ4v) is 4.02. The Labute approximate surface area is 245 Å². The molecule has 8 nitrogen and oxygen atoms in total. The molecular weight excluding hydrogens is 610 g/mol. The van der Waals surface area contributed by atoms with Crippen LogP contribution < -0.4 is 16.0 Å². The topological polar surface area (TPSA) is 128 Å². The standard InChI is InChI=1S/C24H25F2N3O.2C2HF3O2/c1-15-12-19(2-3-20(15)17-6-10-28-11-7-17)29-24(30)23-21(25)13-18(14-22(23)26)16-4-8-27-9-5-16;2*3-2(4,5)1(6)7/h2-4,6,12-14,27-28H,5,7-11H2,1H3,(H,29,30);2*(H,6,7). The van der Waals surface area contributed by atoms with Gasteiger partial charge in [-0.15, -0.1) is 0 Å². The maximum atomic E-state index is 14.6. The van der Waals surface area contributed by atoms with Crippen LogP contribution >= 0.6 is 0 Å². The fraction of sp³-hybridized carbons (Fsp3) is 0.321. The normalized spacial score (nSPS) is 14.9. The number of benzene rings is 2. The summed E-state index contributed by atoms with van der Waals surface area (Å²) in [4.78, 5) is 30.4. The molecule has 1 amide bonds. The lowest BCUT2D eigenvalue weighted by atomic mass is 9.95. The summed E-state index contributed by atoms with van der Waals surface area (Å²) in [5.41, 5.74) is 4.73. The second-order valence-corrected chi connectivity index (χ2v) is 9.27. The molecule has 0 radical (unpaired) electrons. The second-order valence-electron chi connectivity index (χ2n) is 9.27. The van der Waals surface area contributed by atoms with E-state index >= 15 is 0 Å². The number of carbonyl (C=O) groups is 3. The number of hydrogen-bond acceptors (Lipinski definition) is 5. The van der Waals surface area contributed by atoms with Crippen LogP contribution in [0.25, 0.3) is 11.1 Å². The first kappa shape index (κ1) is 35.9. The van der Waals surface area contributed by atoms with Crippen molar-refractivity contribution in [2.75, 3.05) is 31.5 Å². The van der Waals surface area contributed by atoms with Gasteiger partial charge in [-0.1, -0.05) is 18.2 Å². The predicted molar refractivity (Wildman–Crippen MR) is 144 cm³/mol. The third-order valence-electron chi connectivity index (χ3n) is 6.08. The van der Waals surface area contributed by atoms with Crippen molar-refractivity contribution in [2.24, 2.45) is 0 Å². The molecule has 0 aromatic heterocycles. The quantitative estimate of drug-likeness (QED) is 0.279. The fourth-order valence-electron chi connectivity index (χ4n) is 4.02. The van der Waals surface area contributed by atoms with Crippen LogP contribution in [0.3, 0.4) is 0 Å². The first-order valence-corrected chi connectivity index (χ1v) is 12.7. The molecule has 4 rings (SSSR count). The number of alkyl halides is 6. The first-order chi connectivity index (χ1) is 20.4. The van der Waals surface area contributed by atoms with E-state index in [-0.39, 0.29) is 0 Å². The number of aryl methyl sites for hydroxylation is 1. The Hall–Kier alpha value is -4.31. The first-order valence-electron chi connectivity index (χ1n) is 12.7. The molecular formula is C28H27F8N3O5. The zero-order chi connectivity index (χ0) is 33.2. The number of carbonyl (C=O) groups excluding carboxylic acids is 1. The highest BCUT2D eigenvalue weighted by atomic mass is 19.4. The van der Waals surface area contributed by atoms with E-state index in [4.69, 9.17) is 19.8 Å². The Morgan fingerprint density at radius 2 is 1.23 bits per heavy atom. The number of anilines is 1. The van der Waals surface area contributed by atoms with Gasteiger partial charge in [0.15, 0.2) is 0 Å². The van der Waals surface area contributed by atoms with Gasteiger partial charge in [0.2, 0.25) is 0 Å². The summed E-state index contributed by atoms with van der Waals surface area (Å²) in [5.74, 6) is -8.01. The number of carboxylic acids is 2. The van der Waals surface area contributed by atoms with E-state index in [1.54, 1.807) is 6.07 Å². The van der Waals surface area contributed by atoms with Gasteiger partial charge in [-0.25, -0.2) is 18.4 Å². The van der Waals surface area contributed by atoms with Crippen LogP contribution in [0.15, 0.2) is 42.5 Å². The van der Waals surface area contributed by atoms with E-state index < -0.39 is 47.4 Å². The maximum absolute atomic E-state index is 14.6. The third-order valence-corrected chi connectivity index (χ3v) is 6.08. The Kier molecular flexibility index (Phi) is 12.6. The monoisotopic (exact) mass is 637 g/mol. The summed E-state index contributed by atoms with van der Waals surface area (Å²) in [7, 11) is 0. The molecule has 240 valence electrons. The minimum atomic E-state index is -5.08. The second kappa shape index (κ2) is 15.4. The molecule has 2 heterocycles. The molecule has 2 aromatic carbocycles. The average Bonchev–Trinajstić information content (AvgIpc) is 2.93. The Morgan fingerprint density at radius 1 is 0.773 bits per heavy atom. The maximum Gasteiger partial charge on any atom is 0.490 e. The summed E-state index contributed by atoms with van der Waals surface area (Å²) < 4.78 is 92.8. The molecule has 5 N–H and O–H groups in total. The van der Waals surface area contributed by atoms with E-state index in [9.17, 15) is 39.9 Å². The molecule has 2 aliphatic heterocycles. The van der Waals surface area contributed by atoms with Gasteiger partial charge in [-0.3, -0.25) is 4.79 Å². The number of nitrogens with one attached hydrogen (secondary N) is 3. The van der Waals surface area contributed by atoms with Crippen LogP contribution in [0.4, 0.5) is 40.8 Å².